The van der Waals surface area contributed by atoms with Crippen molar-refractivity contribution in [1.82, 2.24) is 4.57 Å². The van der Waals surface area contributed by atoms with Gasteiger partial charge in [-0.25, -0.2) is 4.79 Å². The largest absolute Gasteiger partial charge is 0.493 e. The lowest BCUT2D eigenvalue weighted by molar-refractivity contribution is 0.0528. The molecule has 0 N–H and O–H groups in total. The molecule has 7 heteroatoms. The second-order valence-corrected chi connectivity index (χ2v) is 8.11. The summed E-state index contributed by atoms with van der Waals surface area (Å²) in [5.74, 6) is 0.905. The highest BCUT2D eigenvalue weighted by atomic mass is 35.5. The average Bonchev–Trinajstić information content (AvgIpc) is 3.07. The highest BCUT2D eigenvalue weighted by molar-refractivity contribution is 6.42. The Kier molecular flexibility index (Phi) is 5.91. The number of carbonyl (C=O) groups is 1. The first-order valence-electron chi connectivity index (χ1n) is 10.0. The van der Waals surface area contributed by atoms with Gasteiger partial charge in [0.25, 0.3) is 0 Å². The number of halogens is 2. The number of hydrogen-bond donors (Lipinski definition) is 0. The van der Waals surface area contributed by atoms with Crippen LogP contribution >= 0.6 is 23.2 Å². The van der Waals surface area contributed by atoms with E-state index in [1.54, 1.807) is 33.3 Å². The number of aromatic nitrogens is 1. The summed E-state index contributed by atoms with van der Waals surface area (Å²) in [6.45, 7) is 4.82. The number of nitrogens with zero attached hydrogens (tertiary/aromatic N) is 1. The lowest BCUT2D eigenvalue weighted by atomic mass is 9.93. The molecule has 162 valence electrons. The first kappa shape index (κ1) is 21.6. The fraction of sp³-hybridized carbons (Fsp3) is 0.292. The van der Waals surface area contributed by atoms with Crippen LogP contribution < -0.4 is 9.47 Å². The second-order valence-electron chi connectivity index (χ2n) is 7.30. The van der Waals surface area contributed by atoms with Gasteiger partial charge in [0.15, 0.2) is 11.5 Å². The topological polar surface area (TPSA) is 49.7 Å². The van der Waals surface area contributed by atoms with Crippen molar-refractivity contribution in [3.63, 3.8) is 0 Å². The molecule has 31 heavy (non-hydrogen) atoms. The van der Waals surface area contributed by atoms with Gasteiger partial charge in [0, 0.05) is 23.4 Å². The van der Waals surface area contributed by atoms with Gasteiger partial charge in [-0.2, -0.15) is 0 Å². The number of carbonyl (C=O) groups excluding carboxylic acids is 1. The van der Waals surface area contributed by atoms with Gasteiger partial charge in [-0.05, 0) is 55.7 Å². The van der Waals surface area contributed by atoms with Crippen molar-refractivity contribution < 1.29 is 19.0 Å². The molecule has 0 radical (unpaired) electrons. The molecule has 5 nitrogen and oxygen atoms in total. The highest BCUT2D eigenvalue weighted by Crippen LogP contribution is 2.45. The molecule has 0 atom stereocenters. The van der Waals surface area contributed by atoms with Gasteiger partial charge < -0.3 is 18.8 Å². The van der Waals surface area contributed by atoms with Crippen molar-refractivity contribution >= 4 is 29.2 Å². The van der Waals surface area contributed by atoms with Crippen LogP contribution in [0.1, 0.15) is 28.5 Å². The van der Waals surface area contributed by atoms with E-state index < -0.39 is 0 Å². The maximum absolute atomic E-state index is 13.2. The van der Waals surface area contributed by atoms with Crippen LogP contribution in [0, 0.1) is 6.92 Å². The number of fused-ring (bicyclic) bond motifs is 3. The molecule has 0 fully saturated rings. The third kappa shape index (κ3) is 3.56. The van der Waals surface area contributed by atoms with Crippen molar-refractivity contribution in [2.45, 2.75) is 26.8 Å². The minimum absolute atomic E-state index is 0.280. The van der Waals surface area contributed by atoms with Gasteiger partial charge >= 0.3 is 5.97 Å². The standard InChI is InChI=1S/C24H23Cl2NO4/c1-5-31-24(28)22-21(15-6-7-17(25)18(26)10-15)13(2)27-9-8-14-11-19(29-3)20(30-4)12-16(14)23(22)27/h6-7,10-12H,5,8-9H2,1-4H3. The molecule has 2 aromatic carbocycles. The predicted octanol–water partition coefficient (Wildman–Crippen LogP) is 6.19. The van der Waals surface area contributed by atoms with E-state index in [-0.39, 0.29) is 12.6 Å². The molecule has 0 unspecified atom stereocenters. The van der Waals surface area contributed by atoms with Crippen molar-refractivity contribution in [2.75, 3.05) is 20.8 Å². The molecule has 0 aliphatic carbocycles. The summed E-state index contributed by atoms with van der Waals surface area (Å²) >= 11 is 12.4. The number of esters is 1. The summed E-state index contributed by atoms with van der Waals surface area (Å²) in [5.41, 5.74) is 5.95. The van der Waals surface area contributed by atoms with Crippen LogP contribution in [0.2, 0.25) is 10.0 Å². The zero-order chi connectivity index (χ0) is 22.3. The Bertz CT molecular complexity index is 1180. The predicted molar refractivity (Wildman–Crippen MR) is 123 cm³/mol. The third-order valence-corrected chi connectivity index (χ3v) is 6.42. The fourth-order valence-corrected chi connectivity index (χ4v) is 4.58. The Balaban J connectivity index is 2.04. The molecular formula is C24H23Cl2NO4. The van der Waals surface area contributed by atoms with Crippen molar-refractivity contribution in [3.8, 4) is 33.9 Å². The van der Waals surface area contributed by atoms with Gasteiger partial charge in [0.05, 0.1) is 42.1 Å². The third-order valence-electron chi connectivity index (χ3n) is 5.68. The van der Waals surface area contributed by atoms with Crippen molar-refractivity contribution in [2.24, 2.45) is 0 Å². The van der Waals surface area contributed by atoms with Crippen LogP contribution in [0.3, 0.4) is 0 Å². The van der Waals surface area contributed by atoms with Crippen LogP contribution in [0.25, 0.3) is 22.4 Å². The molecule has 2 heterocycles. The molecule has 1 aliphatic rings. The maximum atomic E-state index is 13.2. The molecule has 0 amide bonds. The molecule has 0 saturated heterocycles. The molecule has 0 saturated carbocycles. The Hall–Kier alpha value is -2.63. The van der Waals surface area contributed by atoms with E-state index >= 15 is 0 Å². The Labute approximate surface area is 191 Å². The van der Waals surface area contributed by atoms with Crippen LogP contribution in [-0.4, -0.2) is 31.4 Å². The molecule has 1 aromatic heterocycles. The molecular weight excluding hydrogens is 437 g/mol. The first-order valence-corrected chi connectivity index (χ1v) is 10.8. The SMILES string of the molecule is CCOC(=O)c1c(-c2ccc(Cl)c(Cl)c2)c(C)n2c1-c1cc(OC)c(OC)cc1CC2. The summed E-state index contributed by atoms with van der Waals surface area (Å²) < 4.78 is 18.6. The molecule has 1 aliphatic heterocycles. The van der Waals surface area contributed by atoms with Gasteiger partial charge in [-0.15, -0.1) is 0 Å². The highest BCUT2D eigenvalue weighted by Gasteiger charge is 2.32. The summed E-state index contributed by atoms with van der Waals surface area (Å²) in [4.78, 5) is 13.2. The van der Waals surface area contributed by atoms with Crippen LogP contribution in [-0.2, 0) is 17.7 Å². The number of rotatable bonds is 5. The average molecular weight is 460 g/mol. The summed E-state index contributed by atoms with van der Waals surface area (Å²) in [6.07, 6.45) is 0.807. The fourth-order valence-electron chi connectivity index (χ4n) is 4.28. The second kappa shape index (κ2) is 8.48. The Morgan fingerprint density at radius 1 is 1.06 bits per heavy atom. The van der Waals surface area contributed by atoms with E-state index in [0.29, 0.717) is 27.1 Å². The Morgan fingerprint density at radius 3 is 2.42 bits per heavy atom. The van der Waals surface area contributed by atoms with E-state index in [2.05, 4.69) is 4.57 Å². The van der Waals surface area contributed by atoms with E-state index in [1.165, 1.54) is 0 Å². The Morgan fingerprint density at radius 2 is 1.77 bits per heavy atom. The molecule has 3 aromatic rings. The summed E-state index contributed by atoms with van der Waals surface area (Å²) in [6, 6.07) is 9.32. The minimum atomic E-state index is -0.372. The number of hydrogen-bond acceptors (Lipinski definition) is 4. The minimum Gasteiger partial charge on any atom is -0.493 e. The van der Waals surface area contributed by atoms with E-state index in [4.69, 9.17) is 37.4 Å². The first-order chi connectivity index (χ1) is 14.9. The molecule has 0 bridgehead atoms. The summed E-state index contributed by atoms with van der Waals surface area (Å²) in [7, 11) is 3.22. The normalized spacial score (nSPS) is 12.2. The van der Waals surface area contributed by atoms with E-state index in [9.17, 15) is 4.79 Å². The monoisotopic (exact) mass is 459 g/mol. The quantitative estimate of drug-likeness (QED) is 0.426. The van der Waals surface area contributed by atoms with E-state index in [1.807, 2.05) is 25.1 Å². The lowest BCUT2D eigenvalue weighted by Gasteiger charge is -2.23. The zero-order valence-corrected chi connectivity index (χ0v) is 19.4. The van der Waals surface area contributed by atoms with Gasteiger partial charge in [0.1, 0.15) is 0 Å². The maximum Gasteiger partial charge on any atom is 0.340 e. The van der Waals surface area contributed by atoms with Crippen LogP contribution in [0.4, 0.5) is 0 Å². The van der Waals surface area contributed by atoms with Crippen molar-refractivity contribution in [3.05, 3.63) is 57.2 Å². The van der Waals surface area contributed by atoms with Crippen molar-refractivity contribution in [1.29, 1.82) is 0 Å². The smallest absolute Gasteiger partial charge is 0.340 e. The lowest BCUT2D eigenvalue weighted by Crippen LogP contribution is -2.15. The number of benzene rings is 2. The van der Waals surface area contributed by atoms with Crippen LogP contribution in [0.15, 0.2) is 30.3 Å². The number of methoxy groups -OCH3 is 2. The van der Waals surface area contributed by atoms with Gasteiger partial charge in [-0.1, -0.05) is 29.3 Å². The van der Waals surface area contributed by atoms with Gasteiger partial charge in [0.2, 0.25) is 0 Å². The molecule has 4 rings (SSSR count). The zero-order valence-electron chi connectivity index (χ0n) is 17.8. The van der Waals surface area contributed by atoms with E-state index in [0.717, 1.165) is 46.6 Å². The van der Waals surface area contributed by atoms with Crippen LogP contribution in [0.5, 0.6) is 11.5 Å². The van der Waals surface area contributed by atoms with Gasteiger partial charge in [-0.3, -0.25) is 0 Å². The molecule has 0 spiro atoms. The number of aryl methyl sites for hydroxylation is 1. The summed E-state index contributed by atoms with van der Waals surface area (Å²) in [5, 5.41) is 0.899. The number of ether oxygens (including phenoxy) is 3.